The van der Waals surface area contributed by atoms with Gasteiger partial charge in [0.05, 0.1) is 27.6 Å². The number of carbonyl (C=O) groups excluding carboxylic acids is 1. The second-order valence-electron chi connectivity index (χ2n) is 6.22. The van der Waals surface area contributed by atoms with E-state index < -0.39 is 15.6 Å². The number of sulfonamides is 1. The number of amides is 1. The normalized spacial score (nSPS) is 17.3. The van der Waals surface area contributed by atoms with Gasteiger partial charge in [0.1, 0.15) is 0 Å². The van der Waals surface area contributed by atoms with Crippen molar-refractivity contribution in [3.63, 3.8) is 0 Å². The Hall–Kier alpha value is -1.31. The first kappa shape index (κ1) is 18.0. The highest BCUT2D eigenvalue weighted by Crippen LogP contribution is 2.28. The second-order valence-corrected chi connectivity index (χ2v) is 8.64. The minimum atomic E-state index is -3.27. The third kappa shape index (κ3) is 4.59. The summed E-state index contributed by atoms with van der Waals surface area (Å²) in [5.74, 6) is -0.223. The minimum absolute atomic E-state index is 0.129. The van der Waals surface area contributed by atoms with Gasteiger partial charge in [-0.1, -0.05) is 11.6 Å². The van der Waals surface area contributed by atoms with Gasteiger partial charge in [-0.25, -0.2) is 8.42 Å². The van der Waals surface area contributed by atoms with Gasteiger partial charge in [0, 0.05) is 13.1 Å². The topological polar surface area (TPSA) is 86.7 Å². The Morgan fingerprint density at radius 2 is 2.13 bits per heavy atom. The molecule has 1 saturated heterocycles. The number of anilines is 1. The van der Waals surface area contributed by atoms with Crippen LogP contribution in [0, 0.1) is 0 Å². The van der Waals surface area contributed by atoms with Crippen LogP contribution in [-0.2, 0) is 10.0 Å². The van der Waals surface area contributed by atoms with Crippen LogP contribution < -0.4 is 9.62 Å². The maximum absolute atomic E-state index is 12.1. The maximum Gasteiger partial charge on any atom is 0.252 e. The zero-order valence-corrected chi connectivity index (χ0v) is 14.7. The molecule has 0 atom stereocenters. The molecule has 128 valence electrons. The Labute approximate surface area is 141 Å². The van der Waals surface area contributed by atoms with Crippen LogP contribution in [0.2, 0.25) is 5.02 Å². The fourth-order valence-corrected chi connectivity index (χ4v) is 4.17. The Morgan fingerprint density at radius 1 is 1.43 bits per heavy atom. The van der Waals surface area contributed by atoms with Crippen molar-refractivity contribution >= 4 is 33.2 Å². The van der Waals surface area contributed by atoms with Crippen LogP contribution in [0.4, 0.5) is 5.69 Å². The fraction of sp³-hybridized carbons (Fsp3) is 0.533. The summed E-state index contributed by atoms with van der Waals surface area (Å²) in [6.45, 7) is 4.07. The summed E-state index contributed by atoms with van der Waals surface area (Å²) in [6.07, 6.45) is 1.000. The SMILES string of the molecule is CC(C)(O)CCNC(=O)c1ccc(N2CCCS2(=O)=O)cc1Cl. The van der Waals surface area contributed by atoms with E-state index in [4.69, 9.17) is 11.6 Å². The molecule has 0 aliphatic carbocycles. The van der Waals surface area contributed by atoms with Crippen molar-refractivity contribution in [2.45, 2.75) is 32.3 Å². The lowest BCUT2D eigenvalue weighted by Crippen LogP contribution is -2.31. The van der Waals surface area contributed by atoms with E-state index in [-0.39, 0.29) is 22.2 Å². The fourth-order valence-electron chi connectivity index (χ4n) is 2.35. The highest BCUT2D eigenvalue weighted by Gasteiger charge is 2.29. The van der Waals surface area contributed by atoms with Crippen molar-refractivity contribution < 1.29 is 18.3 Å². The lowest BCUT2D eigenvalue weighted by Gasteiger charge is -2.19. The molecule has 1 heterocycles. The third-order valence-corrected chi connectivity index (χ3v) is 5.79. The van der Waals surface area contributed by atoms with Gasteiger partial charge < -0.3 is 10.4 Å². The van der Waals surface area contributed by atoms with E-state index in [0.717, 1.165) is 0 Å². The van der Waals surface area contributed by atoms with Crippen molar-refractivity contribution in [3.05, 3.63) is 28.8 Å². The zero-order chi connectivity index (χ0) is 17.3. The van der Waals surface area contributed by atoms with Gasteiger partial charge >= 0.3 is 0 Å². The molecule has 1 aromatic rings. The van der Waals surface area contributed by atoms with E-state index in [2.05, 4.69) is 5.32 Å². The Morgan fingerprint density at radius 3 is 2.65 bits per heavy atom. The summed E-state index contributed by atoms with van der Waals surface area (Å²) in [7, 11) is -3.27. The number of hydrogen-bond donors (Lipinski definition) is 2. The molecule has 1 aromatic carbocycles. The zero-order valence-electron chi connectivity index (χ0n) is 13.2. The largest absolute Gasteiger partial charge is 0.390 e. The maximum atomic E-state index is 12.1. The van der Waals surface area contributed by atoms with Crippen molar-refractivity contribution in [1.82, 2.24) is 5.32 Å². The number of aliphatic hydroxyl groups is 1. The van der Waals surface area contributed by atoms with Gasteiger partial charge in [0.25, 0.3) is 5.91 Å². The average Bonchev–Trinajstić information content (AvgIpc) is 2.76. The highest BCUT2D eigenvalue weighted by atomic mass is 35.5. The van der Waals surface area contributed by atoms with Crippen LogP contribution >= 0.6 is 11.6 Å². The summed E-state index contributed by atoms with van der Waals surface area (Å²) in [5.41, 5.74) is -0.103. The molecule has 1 aliphatic heterocycles. The standard InChI is InChI=1S/C15H21ClN2O4S/c1-15(2,20)6-7-17-14(19)12-5-4-11(10-13(12)16)18-8-3-9-23(18,21)22/h4-5,10,20H,3,6-9H2,1-2H3,(H,17,19). The number of hydrogen-bond acceptors (Lipinski definition) is 4. The summed E-state index contributed by atoms with van der Waals surface area (Å²) in [4.78, 5) is 12.1. The molecule has 8 heteroatoms. The number of halogens is 1. The van der Waals surface area contributed by atoms with Gasteiger partial charge in [0.15, 0.2) is 0 Å². The molecule has 23 heavy (non-hydrogen) atoms. The summed E-state index contributed by atoms with van der Waals surface area (Å²) < 4.78 is 25.1. The molecule has 1 aliphatic rings. The molecule has 2 rings (SSSR count). The van der Waals surface area contributed by atoms with Gasteiger partial charge in [-0.2, -0.15) is 0 Å². The van der Waals surface area contributed by atoms with Crippen LogP contribution in [0.1, 0.15) is 37.0 Å². The monoisotopic (exact) mass is 360 g/mol. The molecule has 0 aromatic heterocycles. The quantitative estimate of drug-likeness (QED) is 0.837. The molecule has 1 amide bonds. The summed E-state index contributed by atoms with van der Waals surface area (Å²) in [5, 5.41) is 12.5. The molecule has 0 unspecified atom stereocenters. The van der Waals surface area contributed by atoms with Crippen molar-refractivity contribution in [2.75, 3.05) is 23.1 Å². The number of benzene rings is 1. The molecule has 0 radical (unpaired) electrons. The smallest absolute Gasteiger partial charge is 0.252 e. The van der Waals surface area contributed by atoms with E-state index >= 15 is 0 Å². The number of carbonyl (C=O) groups is 1. The van der Waals surface area contributed by atoms with Crippen LogP contribution in [0.25, 0.3) is 0 Å². The van der Waals surface area contributed by atoms with Crippen molar-refractivity contribution in [1.29, 1.82) is 0 Å². The van der Waals surface area contributed by atoms with Gasteiger partial charge in [0.2, 0.25) is 10.0 Å². The summed E-state index contributed by atoms with van der Waals surface area (Å²) in [6, 6.07) is 4.60. The molecule has 2 N–H and O–H groups in total. The van der Waals surface area contributed by atoms with Gasteiger partial charge in [-0.3, -0.25) is 9.10 Å². The lowest BCUT2D eigenvalue weighted by molar-refractivity contribution is 0.0693. The molecule has 0 saturated carbocycles. The predicted molar refractivity (Wildman–Crippen MR) is 90.4 cm³/mol. The van der Waals surface area contributed by atoms with E-state index in [1.165, 1.54) is 16.4 Å². The van der Waals surface area contributed by atoms with Crippen LogP contribution in [0.15, 0.2) is 18.2 Å². The number of rotatable bonds is 5. The molecular formula is C15H21ClN2O4S. The lowest BCUT2D eigenvalue weighted by atomic mass is 10.1. The molecule has 0 bridgehead atoms. The van der Waals surface area contributed by atoms with Crippen LogP contribution in [0.5, 0.6) is 0 Å². The Balaban J connectivity index is 2.09. The Bertz CT molecular complexity index is 698. The molecular weight excluding hydrogens is 340 g/mol. The molecule has 1 fully saturated rings. The minimum Gasteiger partial charge on any atom is -0.390 e. The van der Waals surface area contributed by atoms with E-state index in [9.17, 15) is 18.3 Å². The van der Waals surface area contributed by atoms with Gasteiger partial charge in [-0.05, 0) is 44.9 Å². The van der Waals surface area contributed by atoms with Crippen molar-refractivity contribution in [2.24, 2.45) is 0 Å². The van der Waals surface area contributed by atoms with Crippen molar-refractivity contribution in [3.8, 4) is 0 Å². The first-order chi connectivity index (χ1) is 10.6. The van der Waals surface area contributed by atoms with Gasteiger partial charge in [-0.15, -0.1) is 0 Å². The van der Waals surface area contributed by atoms with Crippen LogP contribution in [0.3, 0.4) is 0 Å². The summed E-state index contributed by atoms with van der Waals surface area (Å²) >= 11 is 6.13. The average molecular weight is 361 g/mol. The Kier molecular flexibility index (Phi) is 5.23. The number of nitrogens with zero attached hydrogens (tertiary/aromatic N) is 1. The third-order valence-electron chi connectivity index (χ3n) is 3.61. The number of nitrogens with one attached hydrogen (secondary N) is 1. The molecule has 6 nitrogen and oxygen atoms in total. The predicted octanol–water partition coefficient (Wildman–Crippen LogP) is 1.77. The van der Waals surface area contributed by atoms with Crippen LogP contribution in [-0.4, -0.2) is 43.9 Å². The first-order valence-electron chi connectivity index (χ1n) is 7.41. The highest BCUT2D eigenvalue weighted by molar-refractivity contribution is 7.93. The molecule has 0 spiro atoms. The van der Waals surface area contributed by atoms with E-state index in [0.29, 0.717) is 31.6 Å². The van der Waals surface area contributed by atoms with E-state index in [1.54, 1.807) is 19.9 Å². The van der Waals surface area contributed by atoms with E-state index in [1.807, 2.05) is 0 Å². The second kappa shape index (κ2) is 6.67. The first-order valence-corrected chi connectivity index (χ1v) is 9.39.